The number of fused-ring (bicyclic) bond motifs is 1. The maximum Gasteiger partial charge on any atom is 0.417 e. The SMILES string of the molecule is CC(C)C(N1Cc2cc(N)ccc2C1=O)C(C)(C)C(=O)Oc1ccc(C(F)(F)F)c(C#N)c1. The molecule has 6 nitrogen and oxygen atoms in total. The van der Waals surface area contributed by atoms with E-state index < -0.39 is 34.7 Å². The van der Waals surface area contributed by atoms with Crippen LogP contribution in [0.15, 0.2) is 36.4 Å². The predicted molar refractivity (Wildman–Crippen MR) is 115 cm³/mol. The summed E-state index contributed by atoms with van der Waals surface area (Å²) < 4.78 is 44.6. The second-order valence-corrected chi connectivity index (χ2v) is 8.97. The Kier molecular flexibility index (Phi) is 6.16. The van der Waals surface area contributed by atoms with E-state index in [9.17, 15) is 22.8 Å². The average molecular weight is 459 g/mol. The fourth-order valence-electron chi connectivity index (χ4n) is 4.46. The van der Waals surface area contributed by atoms with Crippen molar-refractivity contribution in [2.75, 3.05) is 5.73 Å². The lowest BCUT2D eigenvalue weighted by molar-refractivity contribution is -0.148. The number of anilines is 1. The number of nitrogen functional groups attached to an aromatic ring is 1. The lowest BCUT2D eigenvalue weighted by Crippen LogP contribution is -2.53. The molecule has 0 radical (unpaired) electrons. The van der Waals surface area contributed by atoms with E-state index in [0.717, 1.165) is 17.7 Å². The van der Waals surface area contributed by atoms with E-state index in [1.807, 2.05) is 13.8 Å². The van der Waals surface area contributed by atoms with Gasteiger partial charge in [0.05, 0.1) is 28.7 Å². The number of nitriles is 1. The van der Waals surface area contributed by atoms with Crippen molar-refractivity contribution in [1.29, 1.82) is 5.26 Å². The second-order valence-electron chi connectivity index (χ2n) is 8.97. The van der Waals surface area contributed by atoms with Gasteiger partial charge in [-0.05, 0) is 61.7 Å². The molecule has 0 saturated heterocycles. The maximum absolute atomic E-state index is 13.2. The minimum absolute atomic E-state index is 0.148. The number of amides is 1. The van der Waals surface area contributed by atoms with Crippen molar-refractivity contribution in [3.8, 4) is 11.8 Å². The molecule has 0 spiro atoms. The molecule has 1 unspecified atom stereocenters. The second kappa shape index (κ2) is 8.43. The third-order valence-electron chi connectivity index (χ3n) is 5.82. The molecule has 0 aromatic heterocycles. The summed E-state index contributed by atoms with van der Waals surface area (Å²) in [5.41, 5.74) is 4.68. The Morgan fingerprint density at radius 2 is 1.85 bits per heavy atom. The molecule has 9 heteroatoms. The van der Waals surface area contributed by atoms with E-state index in [-0.39, 0.29) is 24.1 Å². The lowest BCUT2D eigenvalue weighted by Gasteiger charge is -2.41. The van der Waals surface area contributed by atoms with Crippen LogP contribution in [0.25, 0.3) is 0 Å². The molecule has 0 aliphatic carbocycles. The van der Waals surface area contributed by atoms with Gasteiger partial charge in [-0.2, -0.15) is 18.4 Å². The van der Waals surface area contributed by atoms with Gasteiger partial charge in [-0.1, -0.05) is 13.8 Å². The van der Waals surface area contributed by atoms with Crippen LogP contribution in [0.3, 0.4) is 0 Å². The zero-order chi connectivity index (χ0) is 24.7. The summed E-state index contributed by atoms with van der Waals surface area (Å²) in [6, 6.07) is 8.53. The van der Waals surface area contributed by atoms with Crippen LogP contribution in [0.2, 0.25) is 0 Å². The van der Waals surface area contributed by atoms with Crippen molar-refractivity contribution in [2.24, 2.45) is 11.3 Å². The molecule has 33 heavy (non-hydrogen) atoms. The van der Waals surface area contributed by atoms with Crippen molar-refractivity contribution in [1.82, 2.24) is 4.90 Å². The zero-order valence-electron chi connectivity index (χ0n) is 18.7. The summed E-state index contributed by atoms with van der Waals surface area (Å²) in [6.45, 7) is 7.27. The molecule has 0 saturated carbocycles. The van der Waals surface area contributed by atoms with Crippen LogP contribution in [-0.2, 0) is 17.5 Å². The highest BCUT2D eigenvalue weighted by Gasteiger charge is 2.47. The van der Waals surface area contributed by atoms with E-state index >= 15 is 0 Å². The largest absolute Gasteiger partial charge is 0.426 e. The number of halogens is 3. The van der Waals surface area contributed by atoms with Crippen molar-refractivity contribution in [2.45, 2.75) is 46.5 Å². The van der Waals surface area contributed by atoms with Crippen LogP contribution in [0.1, 0.15) is 54.7 Å². The van der Waals surface area contributed by atoms with Crippen molar-refractivity contribution in [3.63, 3.8) is 0 Å². The van der Waals surface area contributed by atoms with Crippen LogP contribution >= 0.6 is 0 Å². The first-order chi connectivity index (χ1) is 15.3. The highest BCUT2D eigenvalue weighted by atomic mass is 19.4. The molecule has 2 aromatic rings. The molecule has 2 aromatic carbocycles. The number of rotatable bonds is 5. The van der Waals surface area contributed by atoms with Crippen molar-refractivity contribution >= 4 is 17.6 Å². The van der Waals surface area contributed by atoms with Gasteiger partial charge >= 0.3 is 12.1 Å². The minimum atomic E-state index is -4.70. The van der Waals surface area contributed by atoms with Gasteiger partial charge in [-0.3, -0.25) is 9.59 Å². The van der Waals surface area contributed by atoms with Gasteiger partial charge in [0.15, 0.2) is 0 Å². The number of nitrogens with zero attached hydrogens (tertiary/aromatic N) is 2. The Morgan fingerprint density at radius 1 is 1.18 bits per heavy atom. The number of carbonyl (C=O) groups is 2. The van der Waals surface area contributed by atoms with Gasteiger partial charge < -0.3 is 15.4 Å². The quantitative estimate of drug-likeness (QED) is 0.395. The summed E-state index contributed by atoms with van der Waals surface area (Å²) >= 11 is 0. The Hall–Kier alpha value is -3.54. The molecule has 0 fully saturated rings. The van der Waals surface area contributed by atoms with E-state index in [0.29, 0.717) is 17.3 Å². The number of alkyl halides is 3. The standard InChI is InChI=1S/C24H24F3N3O3/c1-13(2)20(30-12-15-9-16(29)5-7-18(15)21(30)31)23(3,4)22(32)33-17-6-8-19(24(25,26)27)14(10-17)11-28/h5-10,13,20H,12,29H2,1-4H3. The fraction of sp³-hybridized carbons (Fsp3) is 0.375. The molecular formula is C24H24F3N3O3. The molecule has 1 aliphatic heterocycles. The van der Waals surface area contributed by atoms with Crippen molar-refractivity contribution in [3.05, 3.63) is 58.7 Å². The van der Waals surface area contributed by atoms with Crippen LogP contribution in [0.5, 0.6) is 5.75 Å². The number of hydrogen-bond acceptors (Lipinski definition) is 5. The van der Waals surface area contributed by atoms with Crippen LogP contribution in [-0.4, -0.2) is 22.8 Å². The molecule has 1 atom stereocenters. The number of esters is 1. The topological polar surface area (TPSA) is 96.4 Å². The third-order valence-corrected chi connectivity index (χ3v) is 5.82. The Bertz CT molecular complexity index is 1150. The highest BCUT2D eigenvalue weighted by Crippen LogP contribution is 2.39. The van der Waals surface area contributed by atoms with Gasteiger partial charge in [0.1, 0.15) is 5.75 Å². The third kappa shape index (κ3) is 4.51. The Labute approximate surface area is 189 Å². The van der Waals surface area contributed by atoms with Gasteiger partial charge in [0.2, 0.25) is 0 Å². The van der Waals surface area contributed by atoms with Crippen LogP contribution in [0.4, 0.5) is 18.9 Å². The van der Waals surface area contributed by atoms with Gasteiger partial charge in [0.25, 0.3) is 5.91 Å². The maximum atomic E-state index is 13.2. The molecular weight excluding hydrogens is 435 g/mol. The lowest BCUT2D eigenvalue weighted by atomic mass is 9.77. The number of ether oxygens (including phenoxy) is 1. The molecule has 1 amide bonds. The van der Waals surface area contributed by atoms with Gasteiger partial charge in [0, 0.05) is 17.8 Å². The molecule has 174 valence electrons. The monoisotopic (exact) mass is 459 g/mol. The fourth-order valence-corrected chi connectivity index (χ4v) is 4.46. The summed E-state index contributed by atoms with van der Waals surface area (Å²) in [5, 5.41) is 9.10. The highest BCUT2D eigenvalue weighted by molar-refractivity contribution is 5.99. The number of hydrogen-bond donors (Lipinski definition) is 1. The molecule has 3 rings (SSSR count). The Balaban J connectivity index is 1.89. The normalized spacial score (nSPS) is 14.8. The first-order valence-corrected chi connectivity index (χ1v) is 10.3. The summed E-state index contributed by atoms with van der Waals surface area (Å²) in [5.74, 6) is -1.28. The summed E-state index contributed by atoms with van der Waals surface area (Å²) in [7, 11) is 0. The molecule has 1 heterocycles. The van der Waals surface area contributed by atoms with Gasteiger partial charge in [-0.25, -0.2) is 0 Å². The molecule has 1 aliphatic rings. The number of benzene rings is 2. The smallest absolute Gasteiger partial charge is 0.417 e. The van der Waals surface area contributed by atoms with Crippen LogP contribution in [0, 0.1) is 22.7 Å². The Morgan fingerprint density at radius 3 is 2.42 bits per heavy atom. The van der Waals surface area contributed by atoms with E-state index in [2.05, 4.69) is 0 Å². The number of carbonyl (C=O) groups excluding carboxylic acids is 2. The first-order valence-electron chi connectivity index (χ1n) is 10.3. The van der Waals surface area contributed by atoms with Gasteiger partial charge in [-0.15, -0.1) is 0 Å². The van der Waals surface area contributed by atoms with E-state index in [4.69, 9.17) is 15.7 Å². The summed E-state index contributed by atoms with van der Waals surface area (Å²) in [6.07, 6.45) is -4.70. The molecule has 2 N–H and O–H groups in total. The van der Waals surface area contributed by atoms with Crippen molar-refractivity contribution < 1.29 is 27.5 Å². The van der Waals surface area contributed by atoms with Crippen LogP contribution < -0.4 is 10.5 Å². The zero-order valence-corrected chi connectivity index (χ0v) is 18.7. The predicted octanol–water partition coefficient (Wildman–Crippen LogP) is 4.77. The first kappa shape index (κ1) is 24.1. The number of nitrogens with two attached hydrogens (primary N) is 1. The average Bonchev–Trinajstić information content (AvgIpc) is 3.01. The minimum Gasteiger partial charge on any atom is -0.426 e. The molecule has 0 bridgehead atoms. The summed E-state index contributed by atoms with van der Waals surface area (Å²) in [4.78, 5) is 27.9. The van der Waals surface area contributed by atoms with E-state index in [1.165, 1.54) is 6.07 Å². The van der Waals surface area contributed by atoms with E-state index in [1.54, 1.807) is 36.9 Å².